The zero-order valence-corrected chi connectivity index (χ0v) is 21.2. The van der Waals surface area contributed by atoms with E-state index in [9.17, 15) is 14.4 Å². The van der Waals surface area contributed by atoms with Crippen molar-refractivity contribution in [2.45, 2.75) is 90.1 Å². The number of hydrogen-bond donors (Lipinski definition) is 1. The van der Waals surface area contributed by atoms with Crippen molar-refractivity contribution in [2.24, 2.45) is 5.73 Å². The molecule has 2 N–H and O–H groups in total. The molecule has 1 unspecified atom stereocenters. The van der Waals surface area contributed by atoms with Crippen LogP contribution in [-0.2, 0) is 42.6 Å². The molecule has 35 heavy (non-hydrogen) atoms. The van der Waals surface area contributed by atoms with Crippen LogP contribution in [0.2, 0.25) is 0 Å². The highest BCUT2D eigenvalue weighted by Crippen LogP contribution is 2.38. The zero-order valence-electron chi connectivity index (χ0n) is 21.2. The monoisotopic (exact) mass is 491 g/mol. The summed E-state index contributed by atoms with van der Waals surface area (Å²) in [4.78, 5) is 35.1. The van der Waals surface area contributed by atoms with Gasteiger partial charge in [-0.05, 0) is 38.7 Å². The normalized spacial score (nSPS) is 29.4. The predicted octanol–water partition coefficient (Wildman–Crippen LogP) is 1.18. The first-order chi connectivity index (χ1) is 16.2. The van der Waals surface area contributed by atoms with Crippen molar-refractivity contribution in [3.63, 3.8) is 0 Å². The molecule has 11 heteroatoms. The van der Waals surface area contributed by atoms with Crippen LogP contribution < -0.4 is 11.2 Å². The van der Waals surface area contributed by atoms with Crippen molar-refractivity contribution in [1.29, 1.82) is 0 Å². The SMILES string of the molecule is CC(=O)OC[C@H]1O[C@H](c2ccc(B3OC(C)(C)C(C)(C)O3)cc2)C(OC(C)=O)[C@@H](OC(C)=O)[C@@H]1N. The Bertz CT molecular complexity index is 933. The van der Waals surface area contributed by atoms with E-state index in [0.29, 0.717) is 5.56 Å². The predicted molar refractivity (Wildman–Crippen MR) is 125 cm³/mol. The minimum Gasteiger partial charge on any atom is -0.463 e. The third-order valence-corrected chi connectivity index (χ3v) is 6.60. The minimum absolute atomic E-state index is 0.149. The number of carbonyl (C=O) groups is 3. The summed E-state index contributed by atoms with van der Waals surface area (Å²) in [6, 6.07) is 6.37. The van der Waals surface area contributed by atoms with Gasteiger partial charge in [0.05, 0.1) is 17.2 Å². The van der Waals surface area contributed by atoms with E-state index in [0.717, 1.165) is 5.46 Å². The summed E-state index contributed by atoms with van der Waals surface area (Å²) in [5.41, 5.74) is 6.78. The molecule has 2 saturated heterocycles. The summed E-state index contributed by atoms with van der Waals surface area (Å²) in [5, 5.41) is 0. The number of ether oxygens (including phenoxy) is 4. The van der Waals surface area contributed by atoms with Gasteiger partial charge in [-0.2, -0.15) is 0 Å². The summed E-state index contributed by atoms with van der Waals surface area (Å²) in [5.74, 6) is -1.68. The molecule has 1 aromatic rings. The average molecular weight is 491 g/mol. The van der Waals surface area contributed by atoms with E-state index >= 15 is 0 Å². The van der Waals surface area contributed by atoms with Crippen LogP contribution in [0.25, 0.3) is 0 Å². The number of benzene rings is 1. The topological polar surface area (TPSA) is 133 Å². The molecule has 0 saturated carbocycles. The fraction of sp³-hybridized carbons (Fsp3) is 0.625. The lowest BCUT2D eigenvalue weighted by Crippen LogP contribution is -2.61. The van der Waals surface area contributed by atoms with E-state index in [4.69, 9.17) is 34.0 Å². The van der Waals surface area contributed by atoms with E-state index < -0.39 is 66.7 Å². The number of hydrogen-bond acceptors (Lipinski definition) is 10. The Morgan fingerprint density at radius 1 is 0.886 bits per heavy atom. The molecule has 1 aromatic carbocycles. The van der Waals surface area contributed by atoms with Crippen molar-refractivity contribution in [1.82, 2.24) is 0 Å². The van der Waals surface area contributed by atoms with Crippen LogP contribution in [-0.4, -0.2) is 67.2 Å². The molecule has 192 valence electrons. The van der Waals surface area contributed by atoms with Gasteiger partial charge in [0.2, 0.25) is 0 Å². The van der Waals surface area contributed by atoms with Crippen LogP contribution in [0.1, 0.15) is 60.1 Å². The van der Waals surface area contributed by atoms with Crippen LogP contribution in [0.3, 0.4) is 0 Å². The summed E-state index contributed by atoms with van der Waals surface area (Å²) in [6.07, 6.45) is -3.67. The summed E-state index contributed by atoms with van der Waals surface area (Å²) in [6.45, 7) is 11.5. The highest BCUT2D eigenvalue weighted by Gasteiger charge is 2.52. The van der Waals surface area contributed by atoms with Gasteiger partial charge >= 0.3 is 25.0 Å². The van der Waals surface area contributed by atoms with Crippen LogP contribution in [0.15, 0.2) is 24.3 Å². The summed E-state index contributed by atoms with van der Waals surface area (Å²) < 4.78 is 34.5. The molecular weight excluding hydrogens is 457 g/mol. The smallest absolute Gasteiger partial charge is 0.463 e. The van der Waals surface area contributed by atoms with Gasteiger partial charge in [-0.15, -0.1) is 0 Å². The lowest BCUT2D eigenvalue weighted by Gasteiger charge is -2.44. The van der Waals surface area contributed by atoms with Crippen molar-refractivity contribution in [2.75, 3.05) is 6.61 Å². The van der Waals surface area contributed by atoms with Gasteiger partial charge < -0.3 is 34.0 Å². The maximum atomic E-state index is 11.9. The maximum Gasteiger partial charge on any atom is 0.494 e. The van der Waals surface area contributed by atoms with Crippen LogP contribution >= 0.6 is 0 Å². The van der Waals surface area contributed by atoms with Gasteiger partial charge in [0, 0.05) is 20.8 Å². The lowest BCUT2D eigenvalue weighted by atomic mass is 9.78. The van der Waals surface area contributed by atoms with Gasteiger partial charge in [0.25, 0.3) is 0 Å². The molecule has 0 amide bonds. The second-order valence-corrected chi connectivity index (χ2v) is 9.88. The Morgan fingerprint density at radius 2 is 1.40 bits per heavy atom. The number of nitrogens with two attached hydrogens (primary N) is 1. The maximum absolute atomic E-state index is 11.9. The number of carbonyl (C=O) groups excluding carboxylic acids is 3. The highest BCUT2D eigenvalue weighted by atomic mass is 16.7. The molecule has 0 aromatic heterocycles. The Morgan fingerprint density at radius 3 is 1.89 bits per heavy atom. The van der Waals surface area contributed by atoms with Crippen molar-refractivity contribution >= 4 is 30.5 Å². The van der Waals surface area contributed by atoms with Crippen molar-refractivity contribution < 1.29 is 42.6 Å². The van der Waals surface area contributed by atoms with E-state index in [-0.39, 0.29) is 6.61 Å². The van der Waals surface area contributed by atoms with Gasteiger partial charge in [-0.3, -0.25) is 14.4 Å². The molecule has 0 radical (unpaired) electrons. The van der Waals surface area contributed by atoms with Crippen LogP contribution in [0.5, 0.6) is 0 Å². The molecule has 0 aliphatic carbocycles. The van der Waals surface area contributed by atoms with Gasteiger partial charge in [-0.25, -0.2) is 0 Å². The van der Waals surface area contributed by atoms with Crippen LogP contribution in [0.4, 0.5) is 0 Å². The molecular formula is C24H34BNO9. The van der Waals surface area contributed by atoms with Gasteiger partial charge in [0.15, 0.2) is 12.2 Å². The molecule has 5 atom stereocenters. The molecule has 2 aliphatic heterocycles. The molecule has 3 rings (SSSR count). The fourth-order valence-corrected chi connectivity index (χ4v) is 4.06. The van der Waals surface area contributed by atoms with Crippen LogP contribution in [0, 0.1) is 0 Å². The Hall–Kier alpha value is -2.47. The van der Waals surface area contributed by atoms with Gasteiger partial charge in [-0.1, -0.05) is 24.3 Å². The standard InChI is InChI=1S/C24H34BNO9/c1-13(27)30-12-18-19(26)21(31-14(2)28)22(32-15(3)29)20(33-18)16-8-10-17(11-9-16)25-34-23(4,5)24(6,7)35-25/h8-11,18-22H,12,26H2,1-7H3/t18-,19-,20-,21+,22?/m1/s1. The molecule has 2 fully saturated rings. The second-order valence-electron chi connectivity index (χ2n) is 9.88. The first-order valence-electron chi connectivity index (χ1n) is 11.6. The average Bonchev–Trinajstić information content (AvgIpc) is 2.96. The lowest BCUT2D eigenvalue weighted by molar-refractivity contribution is -0.220. The fourth-order valence-electron chi connectivity index (χ4n) is 4.06. The summed E-state index contributed by atoms with van der Waals surface area (Å²) >= 11 is 0. The van der Waals surface area contributed by atoms with E-state index in [1.807, 2.05) is 39.8 Å². The third kappa shape index (κ3) is 6.03. The Balaban J connectivity index is 1.91. The minimum atomic E-state index is -1.02. The molecule has 0 bridgehead atoms. The summed E-state index contributed by atoms with van der Waals surface area (Å²) in [7, 11) is -0.551. The third-order valence-electron chi connectivity index (χ3n) is 6.60. The Labute approximate surface area is 205 Å². The van der Waals surface area contributed by atoms with Gasteiger partial charge in [0.1, 0.15) is 18.8 Å². The highest BCUT2D eigenvalue weighted by molar-refractivity contribution is 6.62. The first kappa shape index (κ1) is 27.1. The largest absolute Gasteiger partial charge is 0.494 e. The number of esters is 3. The molecule has 10 nitrogen and oxygen atoms in total. The number of rotatable bonds is 6. The van der Waals surface area contributed by atoms with Crippen molar-refractivity contribution in [3.8, 4) is 0 Å². The molecule has 2 heterocycles. The van der Waals surface area contributed by atoms with E-state index in [1.165, 1.54) is 20.8 Å². The quantitative estimate of drug-likeness (QED) is 0.351. The second kappa shape index (κ2) is 10.3. The van der Waals surface area contributed by atoms with E-state index in [1.54, 1.807) is 12.1 Å². The Kier molecular flexibility index (Phi) is 7.95. The zero-order chi connectivity index (χ0) is 26.1. The first-order valence-corrected chi connectivity index (χ1v) is 11.6. The molecule has 0 spiro atoms. The van der Waals surface area contributed by atoms with Crippen molar-refractivity contribution in [3.05, 3.63) is 29.8 Å². The molecule has 2 aliphatic rings. The van der Waals surface area contributed by atoms with E-state index in [2.05, 4.69) is 0 Å².